The van der Waals surface area contributed by atoms with E-state index in [-0.39, 0.29) is 12.5 Å². The highest BCUT2D eigenvalue weighted by Crippen LogP contribution is 2.24. The molecular formula is C24H25N3O3. The lowest BCUT2D eigenvalue weighted by molar-refractivity contribution is -0.118. The number of hydrogen-bond donors (Lipinski definition) is 1. The van der Waals surface area contributed by atoms with Crippen LogP contribution in [0.25, 0.3) is 0 Å². The Bertz CT molecular complexity index is 972. The Kier molecular flexibility index (Phi) is 6.57. The van der Waals surface area contributed by atoms with Crippen LogP contribution in [0.2, 0.25) is 0 Å². The summed E-state index contributed by atoms with van der Waals surface area (Å²) in [6.45, 7) is 2.76. The number of amides is 1. The summed E-state index contributed by atoms with van der Waals surface area (Å²) in [6, 6.07) is 21.7. The Labute approximate surface area is 176 Å². The molecule has 3 aromatic rings. The van der Waals surface area contributed by atoms with Crippen molar-refractivity contribution in [1.29, 1.82) is 0 Å². The van der Waals surface area contributed by atoms with Crippen LogP contribution in [0.5, 0.6) is 5.75 Å². The third kappa shape index (κ3) is 5.15. The monoisotopic (exact) mass is 403 g/mol. The fourth-order valence-electron chi connectivity index (χ4n) is 3.46. The van der Waals surface area contributed by atoms with Gasteiger partial charge in [-0.3, -0.25) is 4.79 Å². The van der Waals surface area contributed by atoms with Gasteiger partial charge in [0.2, 0.25) is 0 Å². The van der Waals surface area contributed by atoms with Crippen molar-refractivity contribution in [3.8, 4) is 5.75 Å². The quantitative estimate of drug-likeness (QED) is 0.654. The Hall–Kier alpha value is -3.38. The van der Waals surface area contributed by atoms with Crippen molar-refractivity contribution in [3.63, 3.8) is 0 Å². The van der Waals surface area contributed by atoms with E-state index >= 15 is 0 Å². The number of nitrogens with zero attached hydrogens (tertiary/aromatic N) is 2. The maximum atomic E-state index is 12.6. The number of carbonyl (C=O) groups excluding carboxylic acids is 1. The van der Waals surface area contributed by atoms with Crippen LogP contribution >= 0.6 is 0 Å². The fraction of sp³-hybridized carbons (Fsp3) is 0.250. The van der Waals surface area contributed by atoms with Gasteiger partial charge in [-0.1, -0.05) is 48.5 Å². The normalized spacial score (nSPS) is 13.7. The third-order valence-electron chi connectivity index (χ3n) is 4.94. The summed E-state index contributed by atoms with van der Waals surface area (Å²) in [6.07, 6.45) is 2.49. The van der Waals surface area contributed by atoms with Gasteiger partial charge in [-0.15, -0.1) is 0 Å². The molecule has 0 unspecified atom stereocenters. The maximum Gasteiger partial charge on any atom is 0.262 e. The summed E-state index contributed by atoms with van der Waals surface area (Å²) in [5.74, 6) is 1.27. The molecule has 4 rings (SSSR count). The summed E-state index contributed by atoms with van der Waals surface area (Å²) >= 11 is 0. The number of anilines is 2. The van der Waals surface area contributed by atoms with Gasteiger partial charge in [-0.2, -0.15) is 0 Å². The van der Waals surface area contributed by atoms with Gasteiger partial charge in [-0.05, 0) is 29.3 Å². The summed E-state index contributed by atoms with van der Waals surface area (Å²) in [7, 11) is 0. The molecule has 2 aromatic carbocycles. The average molecular weight is 403 g/mol. The Balaban J connectivity index is 1.39. The Morgan fingerprint density at radius 3 is 2.60 bits per heavy atom. The topological polar surface area (TPSA) is 63.7 Å². The van der Waals surface area contributed by atoms with Crippen LogP contribution in [0.1, 0.15) is 11.1 Å². The van der Waals surface area contributed by atoms with E-state index in [0.29, 0.717) is 18.9 Å². The molecule has 1 N–H and O–H groups in total. The van der Waals surface area contributed by atoms with Crippen molar-refractivity contribution in [2.45, 2.75) is 6.42 Å². The number of nitrogens with one attached hydrogen (secondary N) is 1. The molecule has 1 saturated heterocycles. The van der Waals surface area contributed by atoms with E-state index in [1.807, 2.05) is 54.6 Å². The molecule has 0 spiro atoms. The van der Waals surface area contributed by atoms with E-state index in [2.05, 4.69) is 27.3 Å². The van der Waals surface area contributed by atoms with Gasteiger partial charge in [0.1, 0.15) is 5.75 Å². The maximum absolute atomic E-state index is 12.6. The van der Waals surface area contributed by atoms with Crippen LogP contribution in [0, 0.1) is 0 Å². The van der Waals surface area contributed by atoms with Crippen LogP contribution in [0.4, 0.5) is 11.5 Å². The molecule has 154 valence electrons. The minimum atomic E-state index is -0.216. The van der Waals surface area contributed by atoms with Gasteiger partial charge in [0.05, 0.1) is 18.9 Å². The number of rotatable bonds is 7. The van der Waals surface area contributed by atoms with Crippen LogP contribution < -0.4 is 15.0 Å². The Morgan fingerprint density at radius 2 is 1.77 bits per heavy atom. The van der Waals surface area contributed by atoms with Crippen molar-refractivity contribution in [2.24, 2.45) is 0 Å². The van der Waals surface area contributed by atoms with Crippen molar-refractivity contribution < 1.29 is 14.3 Å². The largest absolute Gasteiger partial charge is 0.483 e. The molecular weight excluding hydrogens is 378 g/mol. The fourth-order valence-corrected chi connectivity index (χ4v) is 3.46. The molecule has 0 bridgehead atoms. The zero-order chi connectivity index (χ0) is 20.6. The predicted molar refractivity (Wildman–Crippen MR) is 117 cm³/mol. The first-order chi connectivity index (χ1) is 14.8. The van der Waals surface area contributed by atoms with E-state index in [0.717, 1.165) is 36.6 Å². The van der Waals surface area contributed by atoms with Crippen LogP contribution in [-0.4, -0.2) is 43.8 Å². The second-order valence-electron chi connectivity index (χ2n) is 7.08. The first-order valence-electron chi connectivity index (χ1n) is 10.1. The number of aromatic nitrogens is 1. The number of benzene rings is 2. The van der Waals surface area contributed by atoms with E-state index < -0.39 is 0 Å². The zero-order valence-electron chi connectivity index (χ0n) is 16.8. The van der Waals surface area contributed by atoms with Crippen molar-refractivity contribution in [2.75, 3.05) is 43.1 Å². The van der Waals surface area contributed by atoms with Gasteiger partial charge in [-0.25, -0.2) is 4.98 Å². The van der Waals surface area contributed by atoms with Crippen LogP contribution in [0.15, 0.2) is 72.9 Å². The number of ether oxygens (including phenoxy) is 2. The van der Waals surface area contributed by atoms with E-state index in [1.165, 1.54) is 5.56 Å². The number of pyridine rings is 1. The van der Waals surface area contributed by atoms with Gasteiger partial charge in [0.15, 0.2) is 12.4 Å². The number of carbonyl (C=O) groups is 1. The molecule has 6 heteroatoms. The van der Waals surface area contributed by atoms with E-state index in [9.17, 15) is 4.79 Å². The van der Waals surface area contributed by atoms with E-state index in [4.69, 9.17) is 9.47 Å². The zero-order valence-corrected chi connectivity index (χ0v) is 16.8. The van der Waals surface area contributed by atoms with Crippen molar-refractivity contribution in [1.82, 2.24) is 4.98 Å². The molecule has 30 heavy (non-hydrogen) atoms. The Morgan fingerprint density at radius 1 is 1.00 bits per heavy atom. The first-order valence-corrected chi connectivity index (χ1v) is 10.1. The average Bonchev–Trinajstić information content (AvgIpc) is 2.80. The standard InChI is InChI=1S/C24H25N3O3/c28-23(26-21-10-6-12-25-24(21)27-13-15-29-16-14-27)18-30-22-11-5-4-9-20(22)17-19-7-2-1-3-8-19/h1-12H,13-18H2,(H,26,28). The molecule has 0 saturated carbocycles. The molecule has 1 amide bonds. The lowest BCUT2D eigenvalue weighted by atomic mass is 10.0. The first kappa shape index (κ1) is 19.9. The molecule has 6 nitrogen and oxygen atoms in total. The highest BCUT2D eigenvalue weighted by Gasteiger charge is 2.17. The van der Waals surface area contributed by atoms with Gasteiger partial charge >= 0.3 is 0 Å². The summed E-state index contributed by atoms with van der Waals surface area (Å²) in [5.41, 5.74) is 2.93. The van der Waals surface area contributed by atoms with Crippen molar-refractivity contribution >= 4 is 17.4 Å². The molecule has 1 aromatic heterocycles. The second-order valence-corrected chi connectivity index (χ2v) is 7.08. The smallest absolute Gasteiger partial charge is 0.262 e. The van der Waals surface area contributed by atoms with Crippen LogP contribution in [-0.2, 0) is 16.0 Å². The van der Waals surface area contributed by atoms with Crippen LogP contribution in [0.3, 0.4) is 0 Å². The molecule has 2 heterocycles. The summed E-state index contributed by atoms with van der Waals surface area (Å²) < 4.78 is 11.3. The minimum Gasteiger partial charge on any atom is -0.483 e. The van der Waals surface area contributed by atoms with Crippen molar-refractivity contribution in [3.05, 3.63) is 84.1 Å². The molecule has 0 atom stereocenters. The molecule has 0 radical (unpaired) electrons. The second kappa shape index (κ2) is 9.89. The van der Waals surface area contributed by atoms with Gasteiger partial charge in [0.25, 0.3) is 5.91 Å². The number of para-hydroxylation sites is 1. The van der Waals surface area contributed by atoms with Gasteiger partial charge < -0.3 is 19.7 Å². The number of hydrogen-bond acceptors (Lipinski definition) is 5. The molecule has 1 fully saturated rings. The molecule has 0 aliphatic carbocycles. The highest BCUT2D eigenvalue weighted by atomic mass is 16.5. The third-order valence-corrected chi connectivity index (χ3v) is 4.94. The highest BCUT2D eigenvalue weighted by molar-refractivity contribution is 5.94. The minimum absolute atomic E-state index is 0.0662. The van der Waals surface area contributed by atoms with E-state index in [1.54, 1.807) is 6.20 Å². The predicted octanol–water partition coefficient (Wildman–Crippen LogP) is 3.53. The summed E-state index contributed by atoms with van der Waals surface area (Å²) in [5, 5.41) is 2.94. The van der Waals surface area contributed by atoms with Gasteiger partial charge in [0, 0.05) is 25.7 Å². The molecule has 1 aliphatic heterocycles. The lowest BCUT2D eigenvalue weighted by Gasteiger charge is -2.29. The number of morpholine rings is 1. The summed E-state index contributed by atoms with van der Waals surface area (Å²) in [4.78, 5) is 19.2. The SMILES string of the molecule is O=C(COc1ccccc1Cc1ccccc1)Nc1cccnc1N1CCOCC1. The molecule has 1 aliphatic rings. The lowest BCUT2D eigenvalue weighted by Crippen LogP contribution is -2.37.